The Kier molecular flexibility index (Phi) is 5.16. The molecule has 1 N–H and O–H groups in total. The quantitative estimate of drug-likeness (QED) is 0.625. The van der Waals surface area contributed by atoms with Crippen molar-refractivity contribution in [3.05, 3.63) is 46.1 Å². The molecule has 2 aromatic carbocycles. The first kappa shape index (κ1) is 19.9. The smallest absolute Gasteiger partial charge is 0.335 e. The van der Waals surface area contributed by atoms with Crippen LogP contribution in [0.5, 0.6) is 5.75 Å². The van der Waals surface area contributed by atoms with Gasteiger partial charge in [0.25, 0.3) is 0 Å². The van der Waals surface area contributed by atoms with Gasteiger partial charge in [0.05, 0.1) is 28.2 Å². The number of carbonyl (C=O) groups is 1. The lowest BCUT2D eigenvalue weighted by Gasteiger charge is -2.13. The summed E-state index contributed by atoms with van der Waals surface area (Å²) in [6.07, 6.45) is 0.707. The third-order valence-electron chi connectivity index (χ3n) is 4.36. The summed E-state index contributed by atoms with van der Waals surface area (Å²) in [7, 11) is -3.76. The van der Waals surface area contributed by atoms with Gasteiger partial charge in [-0.15, -0.1) is 0 Å². The zero-order valence-electron chi connectivity index (χ0n) is 15.7. The van der Waals surface area contributed by atoms with Crippen molar-refractivity contribution in [2.75, 3.05) is 6.61 Å². The molecule has 0 bridgehead atoms. The summed E-state index contributed by atoms with van der Waals surface area (Å²) in [6, 6.07) is 6.68. The monoisotopic (exact) mass is 404 g/mol. The van der Waals surface area contributed by atoms with Crippen LogP contribution in [0.3, 0.4) is 0 Å². The van der Waals surface area contributed by atoms with Gasteiger partial charge in [0.2, 0.25) is 5.43 Å². The number of carboxylic acid groups (broad SMARTS) is 1. The molecule has 0 atom stereocenters. The lowest BCUT2D eigenvalue weighted by atomic mass is 10.1. The Balaban J connectivity index is 2.44. The maximum absolute atomic E-state index is 13.0. The van der Waals surface area contributed by atoms with E-state index in [1.165, 1.54) is 30.3 Å². The molecule has 0 aliphatic heterocycles. The van der Waals surface area contributed by atoms with Gasteiger partial charge in [-0.2, -0.15) is 0 Å². The molecular formula is C20H20O7S. The lowest BCUT2D eigenvalue weighted by molar-refractivity contribution is 0.0697. The summed E-state index contributed by atoms with van der Waals surface area (Å²) < 4.78 is 37.1. The van der Waals surface area contributed by atoms with E-state index in [1.807, 2.05) is 6.92 Å². The normalized spacial score (nSPS) is 12.0. The highest BCUT2D eigenvalue weighted by molar-refractivity contribution is 7.92. The van der Waals surface area contributed by atoms with E-state index in [0.29, 0.717) is 13.0 Å². The first-order valence-corrected chi connectivity index (χ1v) is 10.4. The van der Waals surface area contributed by atoms with Crippen molar-refractivity contribution in [2.24, 2.45) is 0 Å². The predicted molar refractivity (Wildman–Crippen MR) is 105 cm³/mol. The van der Waals surface area contributed by atoms with E-state index < -0.39 is 26.5 Å². The van der Waals surface area contributed by atoms with Crippen molar-refractivity contribution in [2.45, 2.75) is 37.3 Å². The Morgan fingerprint density at radius 3 is 2.50 bits per heavy atom. The van der Waals surface area contributed by atoms with Gasteiger partial charge >= 0.3 is 5.97 Å². The number of aromatic carboxylic acids is 1. The third-order valence-corrected chi connectivity index (χ3v) is 6.51. The second-order valence-electron chi connectivity index (χ2n) is 6.69. The Hall–Kier alpha value is -2.87. The molecule has 0 fully saturated rings. The SMILES string of the molecule is CCCOc1cc(S(=O)(=O)C(C)C)c2oc3ccc(C(=O)O)cc3c(=O)c2c1. The largest absolute Gasteiger partial charge is 0.494 e. The van der Waals surface area contributed by atoms with Gasteiger partial charge in [-0.3, -0.25) is 4.79 Å². The van der Waals surface area contributed by atoms with Gasteiger partial charge in [-0.05, 0) is 44.5 Å². The number of ether oxygens (including phenoxy) is 1. The fourth-order valence-electron chi connectivity index (χ4n) is 2.80. The minimum Gasteiger partial charge on any atom is -0.494 e. The molecule has 0 saturated heterocycles. The predicted octanol–water partition coefficient (Wildman–Crippen LogP) is 3.62. The van der Waals surface area contributed by atoms with Crippen LogP contribution in [0.2, 0.25) is 0 Å². The molecular weight excluding hydrogens is 384 g/mol. The van der Waals surface area contributed by atoms with Crippen molar-refractivity contribution in [3.8, 4) is 5.75 Å². The van der Waals surface area contributed by atoms with Gasteiger partial charge in [0.15, 0.2) is 15.4 Å². The summed E-state index contributed by atoms with van der Waals surface area (Å²) in [4.78, 5) is 24.1. The molecule has 0 spiro atoms. The molecule has 0 aliphatic carbocycles. The highest BCUT2D eigenvalue weighted by Crippen LogP contribution is 2.32. The number of fused-ring (bicyclic) bond motifs is 2. The summed E-state index contributed by atoms with van der Waals surface area (Å²) in [5, 5.41) is 8.53. The van der Waals surface area contributed by atoms with Crippen LogP contribution in [0, 0.1) is 0 Å². The van der Waals surface area contributed by atoms with Gasteiger partial charge in [-0.1, -0.05) is 6.92 Å². The highest BCUT2D eigenvalue weighted by Gasteiger charge is 2.26. The number of carboxylic acids is 1. The van der Waals surface area contributed by atoms with Crippen LogP contribution in [0.25, 0.3) is 21.9 Å². The van der Waals surface area contributed by atoms with E-state index in [-0.39, 0.29) is 38.1 Å². The average molecular weight is 404 g/mol. The zero-order chi connectivity index (χ0) is 20.6. The maximum atomic E-state index is 13.0. The van der Waals surface area contributed by atoms with Crippen LogP contribution < -0.4 is 10.2 Å². The summed E-state index contributed by atoms with van der Waals surface area (Å²) in [5.74, 6) is -0.931. The molecule has 0 amide bonds. The molecule has 28 heavy (non-hydrogen) atoms. The van der Waals surface area contributed by atoms with E-state index in [9.17, 15) is 18.0 Å². The molecule has 1 aromatic heterocycles. The second-order valence-corrected chi connectivity index (χ2v) is 9.16. The minimum atomic E-state index is -3.76. The van der Waals surface area contributed by atoms with Crippen LogP contribution in [0.1, 0.15) is 37.6 Å². The summed E-state index contributed by atoms with van der Waals surface area (Å²) in [6.45, 7) is 5.34. The van der Waals surface area contributed by atoms with Crippen LogP contribution >= 0.6 is 0 Å². The molecule has 3 aromatic rings. The van der Waals surface area contributed by atoms with Crippen molar-refractivity contribution in [3.63, 3.8) is 0 Å². The zero-order valence-corrected chi connectivity index (χ0v) is 16.5. The molecule has 0 radical (unpaired) electrons. The molecule has 7 nitrogen and oxygen atoms in total. The molecule has 3 rings (SSSR count). The third kappa shape index (κ3) is 3.35. The van der Waals surface area contributed by atoms with E-state index in [0.717, 1.165) is 0 Å². The standard InChI is InChI=1S/C20H20O7S/c1-4-7-26-13-9-15-18(21)14-8-12(20(22)23)5-6-16(14)27-19(15)17(10-13)28(24,25)11(2)3/h5-6,8-11H,4,7H2,1-3H3,(H,22,23). The van der Waals surface area contributed by atoms with E-state index in [1.54, 1.807) is 13.8 Å². The van der Waals surface area contributed by atoms with Gasteiger partial charge in [0, 0.05) is 6.07 Å². The number of hydrogen-bond donors (Lipinski definition) is 1. The van der Waals surface area contributed by atoms with Gasteiger partial charge < -0.3 is 14.3 Å². The number of sulfone groups is 1. The Morgan fingerprint density at radius 1 is 1.18 bits per heavy atom. The Bertz CT molecular complexity index is 1240. The van der Waals surface area contributed by atoms with E-state index >= 15 is 0 Å². The van der Waals surface area contributed by atoms with Crippen molar-refractivity contribution in [1.82, 2.24) is 0 Å². The number of hydrogen-bond acceptors (Lipinski definition) is 6. The molecule has 1 heterocycles. The van der Waals surface area contributed by atoms with Crippen LogP contribution in [0.4, 0.5) is 0 Å². The van der Waals surface area contributed by atoms with E-state index in [4.69, 9.17) is 14.3 Å². The number of benzene rings is 2. The van der Waals surface area contributed by atoms with Gasteiger partial charge in [-0.25, -0.2) is 13.2 Å². The van der Waals surface area contributed by atoms with Crippen molar-refractivity contribution >= 4 is 37.7 Å². The summed E-state index contributed by atoms with van der Waals surface area (Å²) in [5.41, 5.74) is -0.517. The molecule has 0 saturated carbocycles. The van der Waals surface area contributed by atoms with Crippen LogP contribution in [-0.4, -0.2) is 31.4 Å². The van der Waals surface area contributed by atoms with Crippen molar-refractivity contribution < 1.29 is 27.5 Å². The number of rotatable bonds is 6. The summed E-state index contributed by atoms with van der Waals surface area (Å²) >= 11 is 0. The Morgan fingerprint density at radius 2 is 1.89 bits per heavy atom. The highest BCUT2D eigenvalue weighted by atomic mass is 32.2. The molecule has 0 unspecified atom stereocenters. The topological polar surface area (TPSA) is 111 Å². The fraction of sp³-hybridized carbons (Fsp3) is 0.300. The molecule has 0 aliphatic rings. The fourth-order valence-corrected chi connectivity index (χ4v) is 4.00. The van der Waals surface area contributed by atoms with Gasteiger partial charge in [0.1, 0.15) is 16.2 Å². The lowest BCUT2D eigenvalue weighted by Crippen LogP contribution is -2.16. The minimum absolute atomic E-state index is 0.0304. The van der Waals surface area contributed by atoms with Crippen molar-refractivity contribution in [1.29, 1.82) is 0 Å². The average Bonchev–Trinajstić information content (AvgIpc) is 2.65. The first-order valence-electron chi connectivity index (χ1n) is 8.81. The first-order chi connectivity index (χ1) is 13.2. The van der Waals surface area contributed by atoms with E-state index in [2.05, 4.69) is 0 Å². The van der Waals surface area contributed by atoms with Crippen LogP contribution in [0.15, 0.2) is 44.4 Å². The molecule has 148 valence electrons. The molecule has 8 heteroatoms. The maximum Gasteiger partial charge on any atom is 0.335 e. The Labute approximate surface area is 161 Å². The second kappa shape index (κ2) is 7.27. The van der Waals surface area contributed by atoms with Crippen LogP contribution in [-0.2, 0) is 9.84 Å².